The number of aliphatic hydroxyl groups is 1. The number of hydrogen-bond donors (Lipinski definition) is 2. The van der Waals surface area contributed by atoms with Crippen LogP contribution in [-0.4, -0.2) is 90.4 Å². The molecule has 1 aromatic heterocycles. The Morgan fingerprint density at radius 1 is 1.05 bits per heavy atom. The van der Waals surface area contributed by atoms with Gasteiger partial charge in [-0.15, -0.1) is 11.3 Å². The maximum absolute atomic E-state index is 14.0. The van der Waals surface area contributed by atoms with Gasteiger partial charge in [0.05, 0.1) is 39.3 Å². The van der Waals surface area contributed by atoms with Gasteiger partial charge in [-0.05, 0) is 55.6 Å². The van der Waals surface area contributed by atoms with E-state index >= 15 is 0 Å². The van der Waals surface area contributed by atoms with Crippen LogP contribution in [0.5, 0.6) is 0 Å². The summed E-state index contributed by atoms with van der Waals surface area (Å²) in [5.41, 5.74) is 5.55. The molecule has 0 aliphatic heterocycles. The van der Waals surface area contributed by atoms with Crippen molar-refractivity contribution in [2.24, 2.45) is 11.3 Å². The van der Waals surface area contributed by atoms with Crippen molar-refractivity contribution in [1.82, 2.24) is 24.6 Å². The molecule has 0 spiro atoms. The van der Waals surface area contributed by atoms with Crippen molar-refractivity contribution in [3.05, 3.63) is 59.6 Å². The summed E-state index contributed by atoms with van der Waals surface area (Å²) in [6.45, 7) is 9.48. The third-order valence-electron chi connectivity index (χ3n) is 6.62. The molecule has 0 aliphatic rings. The Kier molecular flexibility index (Phi) is 11.8. The number of thiazole rings is 1. The maximum Gasteiger partial charge on any atom is 0.252 e. The number of nitrogens with one attached hydrogen (secondary N) is 1. The van der Waals surface area contributed by atoms with Gasteiger partial charge in [0, 0.05) is 19.5 Å². The van der Waals surface area contributed by atoms with E-state index in [0.717, 1.165) is 10.3 Å². The first-order chi connectivity index (χ1) is 20.1. The van der Waals surface area contributed by atoms with E-state index < -0.39 is 33.5 Å². The predicted molar refractivity (Wildman–Crippen MR) is 171 cm³/mol. The van der Waals surface area contributed by atoms with Gasteiger partial charge in [-0.25, -0.2) is 18.4 Å². The van der Waals surface area contributed by atoms with Gasteiger partial charge in [0.15, 0.2) is 0 Å². The molecule has 0 radical (unpaired) electrons. The van der Waals surface area contributed by atoms with E-state index in [4.69, 9.17) is 0 Å². The minimum absolute atomic E-state index is 0.0291. The van der Waals surface area contributed by atoms with E-state index in [1.165, 1.54) is 26.7 Å². The molecule has 0 saturated heterocycles. The summed E-state index contributed by atoms with van der Waals surface area (Å²) >= 11 is 1.35. The molecule has 236 valence electrons. The summed E-state index contributed by atoms with van der Waals surface area (Å²) < 4.78 is 30.0. The minimum Gasteiger partial charge on any atom is -0.390 e. The number of likely N-dealkylation sites (N-methyl/N-ethyl adjacent to an activating group) is 1. The van der Waals surface area contributed by atoms with Crippen LogP contribution in [-0.2, 0) is 26.0 Å². The Morgan fingerprint density at radius 3 is 2.33 bits per heavy atom. The van der Waals surface area contributed by atoms with Crippen molar-refractivity contribution in [3.8, 4) is 0 Å². The Morgan fingerprint density at radius 2 is 1.72 bits per heavy atom. The van der Waals surface area contributed by atoms with Crippen LogP contribution < -0.4 is 5.43 Å². The second kappa shape index (κ2) is 14.7. The molecule has 43 heavy (non-hydrogen) atoms. The normalized spacial score (nSPS) is 13.9. The van der Waals surface area contributed by atoms with Gasteiger partial charge in [-0.2, -0.15) is 4.31 Å². The largest absolute Gasteiger partial charge is 0.390 e. The molecular formula is C31H45N5O5S2. The number of carbonyl (C=O) groups excluding carboxylic acids is 2. The fourth-order valence-electron chi connectivity index (χ4n) is 4.73. The minimum atomic E-state index is -4.03. The number of hydrogen-bond acceptors (Lipinski definition) is 8. The average molecular weight is 632 g/mol. The second-order valence-corrected chi connectivity index (χ2v) is 15.6. The number of sulfonamides is 1. The quantitative estimate of drug-likeness (QED) is 0.275. The number of nitrogens with zero attached hydrogens (tertiary/aromatic N) is 4. The molecule has 3 rings (SSSR count). The van der Waals surface area contributed by atoms with Gasteiger partial charge in [0.25, 0.3) is 5.91 Å². The van der Waals surface area contributed by atoms with Crippen LogP contribution in [0, 0.1) is 11.3 Å². The van der Waals surface area contributed by atoms with Crippen molar-refractivity contribution < 1.29 is 23.1 Å². The molecule has 0 saturated carbocycles. The van der Waals surface area contributed by atoms with Crippen LogP contribution in [0.15, 0.2) is 58.9 Å². The standard InChI is InChI=1S/C31H45N5O5S2/c1-22(2)18-35(43(40,41)24-13-14-25-28(16-24)42-21-32-25)19-27(37)26(15-23-11-9-8-10-12-23)36(30(39)17-31(3,4)5)33-29(38)20-34(6)7/h8-14,16,21-22,26-27,37H,15,17-20H2,1-7H3,(H,33,38)/t26-,27+/m0/s1. The van der Waals surface area contributed by atoms with Crippen molar-refractivity contribution in [2.75, 3.05) is 33.7 Å². The van der Waals surface area contributed by atoms with Gasteiger partial charge in [-0.3, -0.25) is 15.0 Å². The zero-order chi connectivity index (χ0) is 31.9. The van der Waals surface area contributed by atoms with E-state index in [0.29, 0.717) is 5.52 Å². The number of amides is 2. The molecule has 0 aliphatic carbocycles. The Labute approximate surface area is 259 Å². The summed E-state index contributed by atoms with van der Waals surface area (Å²) in [4.78, 5) is 32.8. The molecule has 0 fully saturated rings. The van der Waals surface area contributed by atoms with Crippen molar-refractivity contribution in [1.29, 1.82) is 0 Å². The van der Waals surface area contributed by atoms with Crippen LogP contribution in [0.25, 0.3) is 10.2 Å². The fourth-order valence-corrected chi connectivity index (χ4v) is 7.17. The van der Waals surface area contributed by atoms with Gasteiger partial charge in [-0.1, -0.05) is 65.0 Å². The zero-order valence-corrected chi connectivity index (χ0v) is 27.8. The highest BCUT2D eigenvalue weighted by Gasteiger charge is 2.37. The first-order valence-corrected chi connectivity index (χ1v) is 16.7. The van der Waals surface area contributed by atoms with Gasteiger partial charge < -0.3 is 10.0 Å². The molecule has 2 N–H and O–H groups in total. The number of fused-ring (bicyclic) bond motifs is 1. The Hall–Kier alpha value is -2.90. The van der Waals surface area contributed by atoms with Crippen LogP contribution in [0.2, 0.25) is 0 Å². The first-order valence-electron chi connectivity index (χ1n) is 14.4. The highest BCUT2D eigenvalue weighted by atomic mass is 32.2. The molecule has 10 nitrogen and oxygen atoms in total. The topological polar surface area (TPSA) is 123 Å². The number of benzene rings is 2. The SMILES string of the molecule is CC(C)CN(C[C@@H](O)[C@H](Cc1ccccc1)N(NC(=O)CN(C)C)C(=O)CC(C)(C)C)S(=O)(=O)c1ccc2ncsc2c1. The van der Waals surface area contributed by atoms with Crippen LogP contribution in [0.1, 0.15) is 46.6 Å². The van der Waals surface area contributed by atoms with E-state index in [2.05, 4.69) is 10.4 Å². The fraction of sp³-hybridized carbons (Fsp3) is 0.516. The molecule has 3 aromatic rings. The van der Waals surface area contributed by atoms with E-state index in [1.54, 1.807) is 36.6 Å². The smallest absolute Gasteiger partial charge is 0.252 e. The Bertz CT molecular complexity index is 1470. The highest BCUT2D eigenvalue weighted by Crippen LogP contribution is 2.26. The second-order valence-electron chi connectivity index (χ2n) is 12.8. The number of aliphatic hydroxyl groups excluding tert-OH is 1. The van der Waals surface area contributed by atoms with Gasteiger partial charge >= 0.3 is 0 Å². The zero-order valence-electron chi connectivity index (χ0n) is 26.1. The van der Waals surface area contributed by atoms with Crippen LogP contribution in [0.3, 0.4) is 0 Å². The summed E-state index contributed by atoms with van der Waals surface area (Å²) in [5.74, 6) is -0.823. The predicted octanol–water partition coefficient (Wildman–Crippen LogP) is 3.77. The maximum atomic E-state index is 14.0. The third-order valence-corrected chi connectivity index (χ3v) is 9.24. The highest BCUT2D eigenvalue weighted by molar-refractivity contribution is 7.89. The molecule has 2 amide bonds. The van der Waals surface area contributed by atoms with Crippen LogP contribution in [0.4, 0.5) is 0 Å². The summed E-state index contributed by atoms with van der Waals surface area (Å²) in [5, 5.41) is 13.1. The monoisotopic (exact) mass is 631 g/mol. The van der Waals surface area contributed by atoms with E-state index in [1.807, 2.05) is 65.0 Å². The third kappa shape index (κ3) is 10.1. The van der Waals surface area contributed by atoms with Crippen molar-refractivity contribution in [2.45, 2.75) is 64.5 Å². The number of carbonyl (C=O) groups is 2. The van der Waals surface area contributed by atoms with E-state index in [9.17, 15) is 23.1 Å². The Balaban J connectivity index is 2.03. The lowest BCUT2D eigenvalue weighted by Gasteiger charge is -2.38. The molecule has 2 atom stereocenters. The van der Waals surface area contributed by atoms with Crippen molar-refractivity contribution in [3.63, 3.8) is 0 Å². The van der Waals surface area contributed by atoms with E-state index in [-0.39, 0.29) is 49.2 Å². The molecular weight excluding hydrogens is 587 g/mol. The lowest BCUT2D eigenvalue weighted by Crippen LogP contribution is -2.60. The van der Waals surface area contributed by atoms with Crippen LogP contribution >= 0.6 is 11.3 Å². The van der Waals surface area contributed by atoms with Gasteiger partial charge in [0.1, 0.15) is 0 Å². The van der Waals surface area contributed by atoms with Crippen molar-refractivity contribution >= 4 is 43.4 Å². The molecule has 1 heterocycles. The number of hydrazine groups is 1. The summed E-state index contributed by atoms with van der Waals surface area (Å²) in [6, 6.07) is 13.2. The number of aromatic nitrogens is 1. The summed E-state index contributed by atoms with van der Waals surface area (Å²) in [6.07, 6.45) is -1.03. The molecule has 2 aromatic carbocycles. The molecule has 12 heteroatoms. The lowest BCUT2D eigenvalue weighted by atomic mass is 9.91. The number of rotatable bonds is 13. The summed E-state index contributed by atoms with van der Waals surface area (Å²) in [7, 11) is -0.535. The van der Waals surface area contributed by atoms with Gasteiger partial charge in [0.2, 0.25) is 15.9 Å². The lowest BCUT2D eigenvalue weighted by molar-refractivity contribution is -0.149. The average Bonchev–Trinajstić information content (AvgIpc) is 3.37. The molecule has 0 bridgehead atoms. The molecule has 0 unspecified atom stereocenters. The first kappa shape index (κ1) is 34.6.